The molecule has 0 amide bonds. The summed E-state index contributed by atoms with van der Waals surface area (Å²) in [6.45, 7) is 4.35. The Labute approximate surface area is 122 Å². The molecule has 3 heteroatoms. The Morgan fingerprint density at radius 2 is 1.85 bits per heavy atom. The average Bonchev–Trinajstić information content (AvgIpc) is 2.52. The van der Waals surface area contributed by atoms with Crippen molar-refractivity contribution in [2.45, 2.75) is 38.5 Å². The van der Waals surface area contributed by atoms with E-state index in [1.807, 2.05) is 6.07 Å². The van der Waals surface area contributed by atoms with E-state index in [0.29, 0.717) is 5.92 Å². The lowest BCUT2D eigenvalue weighted by molar-refractivity contribution is 0.295. The van der Waals surface area contributed by atoms with E-state index in [2.05, 4.69) is 24.4 Å². The van der Waals surface area contributed by atoms with Gasteiger partial charge < -0.3 is 14.8 Å². The Bertz CT molecular complexity index is 419. The van der Waals surface area contributed by atoms with Crippen LogP contribution in [0.25, 0.3) is 0 Å². The number of rotatable bonds is 6. The van der Waals surface area contributed by atoms with Gasteiger partial charge in [-0.25, -0.2) is 0 Å². The van der Waals surface area contributed by atoms with Crippen LogP contribution in [0.15, 0.2) is 18.2 Å². The van der Waals surface area contributed by atoms with Gasteiger partial charge in [-0.2, -0.15) is 0 Å². The number of hydrogen-bond acceptors (Lipinski definition) is 3. The van der Waals surface area contributed by atoms with Crippen LogP contribution in [0.4, 0.5) is 0 Å². The molecule has 0 aromatic heterocycles. The van der Waals surface area contributed by atoms with E-state index in [-0.39, 0.29) is 0 Å². The molecule has 1 N–H and O–H groups in total. The van der Waals surface area contributed by atoms with Crippen molar-refractivity contribution in [3.05, 3.63) is 23.8 Å². The molecule has 1 aromatic carbocycles. The summed E-state index contributed by atoms with van der Waals surface area (Å²) in [5.41, 5.74) is 1.39. The molecule has 0 bridgehead atoms. The molecule has 1 aromatic rings. The maximum absolute atomic E-state index is 5.44. The maximum atomic E-state index is 5.44. The van der Waals surface area contributed by atoms with Gasteiger partial charge in [0.25, 0.3) is 0 Å². The third-order valence-electron chi connectivity index (χ3n) is 4.40. The minimum atomic E-state index is 0.641. The SMILES string of the molecule is CCNCC1CCCCC1c1ccc(OC)c(OC)c1. The predicted octanol–water partition coefficient (Wildman–Crippen LogP) is 3.59. The lowest BCUT2D eigenvalue weighted by Crippen LogP contribution is -2.29. The van der Waals surface area contributed by atoms with E-state index in [1.54, 1.807) is 14.2 Å². The average molecular weight is 277 g/mol. The number of nitrogens with one attached hydrogen (secondary N) is 1. The highest BCUT2D eigenvalue weighted by Crippen LogP contribution is 2.40. The van der Waals surface area contributed by atoms with Crippen LogP contribution in [0.3, 0.4) is 0 Å². The zero-order valence-corrected chi connectivity index (χ0v) is 12.9. The van der Waals surface area contributed by atoms with Crippen LogP contribution in [0.2, 0.25) is 0 Å². The van der Waals surface area contributed by atoms with Gasteiger partial charge in [-0.1, -0.05) is 25.8 Å². The molecule has 1 fully saturated rings. The summed E-state index contributed by atoms with van der Waals surface area (Å²) in [5.74, 6) is 3.04. The normalized spacial score (nSPS) is 22.6. The third-order valence-corrected chi connectivity index (χ3v) is 4.40. The first-order valence-corrected chi connectivity index (χ1v) is 7.72. The fourth-order valence-corrected chi connectivity index (χ4v) is 3.30. The lowest BCUT2D eigenvalue weighted by Gasteiger charge is -2.32. The summed E-state index contributed by atoms with van der Waals surface area (Å²) < 4.78 is 10.8. The Hall–Kier alpha value is -1.22. The number of methoxy groups -OCH3 is 2. The van der Waals surface area contributed by atoms with Gasteiger partial charge in [0.2, 0.25) is 0 Å². The second-order valence-corrected chi connectivity index (χ2v) is 5.57. The molecule has 0 saturated heterocycles. The lowest BCUT2D eigenvalue weighted by atomic mass is 9.75. The first-order valence-electron chi connectivity index (χ1n) is 7.72. The van der Waals surface area contributed by atoms with E-state index >= 15 is 0 Å². The van der Waals surface area contributed by atoms with E-state index in [0.717, 1.165) is 30.5 Å². The van der Waals surface area contributed by atoms with Crippen LogP contribution in [0.1, 0.15) is 44.1 Å². The van der Waals surface area contributed by atoms with Gasteiger partial charge in [-0.15, -0.1) is 0 Å². The standard InChI is InChI=1S/C17H27NO2/c1-4-18-12-14-7-5-6-8-15(14)13-9-10-16(19-2)17(11-13)20-3/h9-11,14-15,18H,4-8,12H2,1-3H3. The largest absolute Gasteiger partial charge is 0.493 e. The van der Waals surface area contributed by atoms with Gasteiger partial charge in [-0.3, -0.25) is 0 Å². The summed E-state index contributed by atoms with van der Waals surface area (Å²) in [4.78, 5) is 0. The topological polar surface area (TPSA) is 30.5 Å². The van der Waals surface area contributed by atoms with Crippen molar-refractivity contribution in [1.29, 1.82) is 0 Å². The molecule has 3 nitrogen and oxygen atoms in total. The monoisotopic (exact) mass is 277 g/mol. The summed E-state index contributed by atoms with van der Waals surface area (Å²) in [6, 6.07) is 6.40. The minimum Gasteiger partial charge on any atom is -0.493 e. The Balaban J connectivity index is 2.18. The number of hydrogen-bond donors (Lipinski definition) is 1. The molecule has 0 radical (unpaired) electrons. The van der Waals surface area contributed by atoms with Crippen molar-refractivity contribution in [2.75, 3.05) is 27.3 Å². The second kappa shape index (κ2) is 7.53. The first-order chi connectivity index (χ1) is 9.80. The second-order valence-electron chi connectivity index (χ2n) is 5.57. The fraction of sp³-hybridized carbons (Fsp3) is 0.647. The van der Waals surface area contributed by atoms with Gasteiger partial charge >= 0.3 is 0 Å². The van der Waals surface area contributed by atoms with Gasteiger partial charge in [0, 0.05) is 0 Å². The van der Waals surface area contributed by atoms with Crippen LogP contribution in [-0.2, 0) is 0 Å². The van der Waals surface area contributed by atoms with Crippen LogP contribution < -0.4 is 14.8 Å². The minimum absolute atomic E-state index is 0.641. The fourth-order valence-electron chi connectivity index (χ4n) is 3.30. The van der Waals surface area contributed by atoms with Crippen molar-refractivity contribution < 1.29 is 9.47 Å². The summed E-state index contributed by atoms with van der Waals surface area (Å²) >= 11 is 0. The van der Waals surface area contributed by atoms with Crippen LogP contribution in [0.5, 0.6) is 11.5 Å². The van der Waals surface area contributed by atoms with Crippen LogP contribution >= 0.6 is 0 Å². The summed E-state index contributed by atoms with van der Waals surface area (Å²) in [5, 5.41) is 3.51. The highest BCUT2D eigenvalue weighted by molar-refractivity contribution is 5.44. The molecule has 20 heavy (non-hydrogen) atoms. The first kappa shape index (κ1) is 15.2. The van der Waals surface area contributed by atoms with Gasteiger partial charge in [-0.05, 0) is 55.5 Å². The van der Waals surface area contributed by atoms with Gasteiger partial charge in [0.15, 0.2) is 11.5 Å². The van der Waals surface area contributed by atoms with Crippen molar-refractivity contribution in [2.24, 2.45) is 5.92 Å². The summed E-state index contributed by atoms with van der Waals surface area (Å²) in [7, 11) is 3.39. The molecule has 1 aliphatic carbocycles. The molecule has 1 saturated carbocycles. The highest BCUT2D eigenvalue weighted by Gasteiger charge is 2.26. The number of ether oxygens (including phenoxy) is 2. The van der Waals surface area contributed by atoms with Crippen molar-refractivity contribution in [1.82, 2.24) is 5.32 Å². The van der Waals surface area contributed by atoms with Crippen molar-refractivity contribution >= 4 is 0 Å². The molecule has 0 spiro atoms. The van der Waals surface area contributed by atoms with Crippen LogP contribution in [0, 0.1) is 5.92 Å². The maximum Gasteiger partial charge on any atom is 0.160 e. The quantitative estimate of drug-likeness (QED) is 0.862. The molecule has 1 aliphatic rings. The van der Waals surface area contributed by atoms with Gasteiger partial charge in [0.1, 0.15) is 0 Å². The Kier molecular flexibility index (Phi) is 5.72. The zero-order chi connectivity index (χ0) is 14.4. The molecular formula is C17H27NO2. The molecular weight excluding hydrogens is 250 g/mol. The van der Waals surface area contributed by atoms with E-state index in [1.165, 1.54) is 31.2 Å². The van der Waals surface area contributed by atoms with Gasteiger partial charge in [0.05, 0.1) is 14.2 Å². The third kappa shape index (κ3) is 3.45. The van der Waals surface area contributed by atoms with Crippen LogP contribution in [-0.4, -0.2) is 27.3 Å². The molecule has 0 heterocycles. The van der Waals surface area contributed by atoms with E-state index in [4.69, 9.17) is 9.47 Å². The Morgan fingerprint density at radius 1 is 1.10 bits per heavy atom. The molecule has 112 valence electrons. The molecule has 2 rings (SSSR count). The Morgan fingerprint density at radius 3 is 2.55 bits per heavy atom. The van der Waals surface area contributed by atoms with Crippen molar-refractivity contribution in [3.8, 4) is 11.5 Å². The predicted molar refractivity (Wildman–Crippen MR) is 82.8 cm³/mol. The van der Waals surface area contributed by atoms with E-state index in [9.17, 15) is 0 Å². The summed E-state index contributed by atoms with van der Waals surface area (Å²) in [6.07, 6.45) is 5.30. The number of benzene rings is 1. The molecule has 2 unspecified atom stereocenters. The van der Waals surface area contributed by atoms with E-state index < -0.39 is 0 Å². The molecule has 2 atom stereocenters. The highest BCUT2D eigenvalue weighted by atomic mass is 16.5. The smallest absolute Gasteiger partial charge is 0.160 e. The molecule has 0 aliphatic heterocycles. The zero-order valence-electron chi connectivity index (χ0n) is 12.9. The van der Waals surface area contributed by atoms with Crippen molar-refractivity contribution in [3.63, 3.8) is 0 Å².